The Morgan fingerprint density at radius 2 is 1.20 bits per heavy atom. The van der Waals surface area contributed by atoms with Gasteiger partial charge in [0.1, 0.15) is 31.1 Å². The lowest BCUT2D eigenvalue weighted by Gasteiger charge is -2.22. The summed E-state index contributed by atoms with van der Waals surface area (Å²) in [5.41, 5.74) is 3.29. The van der Waals surface area contributed by atoms with Crippen LogP contribution in [0.25, 0.3) is 0 Å². The van der Waals surface area contributed by atoms with Crippen molar-refractivity contribution in [2.75, 3.05) is 7.11 Å². The first-order chi connectivity index (χ1) is 21.3. The van der Waals surface area contributed by atoms with Crippen LogP contribution in [-0.4, -0.2) is 37.0 Å². The van der Waals surface area contributed by atoms with Gasteiger partial charge in [-0.1, -0.05) is 78.9 Å². The van der Waals surface area contributed by atoms with E-state index in [1.165, 1.54) is 38.3 Å². The molecule has 9 heteroatoms. The molecule has 0 bridgehead atoms. The molecule has 0 heterocycles. The van der Waals surface area contributed by atoms with Crippen LogP contribution in [0.2, 0.25) is 0 Å². The highest BCUT2D eigenvalue weighted by Gasteiger charge is 2.28. The van der Waals surface area contributed by atoms with E-state index in [9.17, 15) is 18.8 Å². The van der Waals surface area contributed by atoms with Crippen LogP contribution in [0.5, 0.6) is 11.5 Å². The van der Waals surface area contributed by atoms with Crippen molar-refractivity contribution in [3.63, 3.8) is 0 Å². The van der Waals surface area contributed by atoms with Gasteiger partial charge in [0.25, 0.3) is 0 Å². The Morgan fingerprint density at radius 3 is 1.77 bits per heavy atom. The van der Waals surface area contributed by atoms with Gasteiger partial charge in [-0.3, -0.25) is 9.59 Å². The van der Waals surface area contributed by atoms with Crippen molar-refractivity contribution in [3.05, 3.63) is 131 Å². The van der Waals surface area contributed by atoms with Crippen LogP contribution >= 0.6 is 0 Å². The molecule has 0 radical (unpaired) electrons. The lowest BCUT2D eigenvalue weighted by atomic mass is 10.0. The first-order valence-corrected chi connectivity index (χ1v) is 14.2. The first-order valence-electron chi connectivity index (χ1n) is 14.2. The van der Waals surface area contributed by atoms with E-state index in [4.69, 9.17) is 14.2 Å². The van der Waals surface area contributed by atoms with Crippen molar-refractivity contribution in [1.29, 1.82) is 0 Å². The van der Waals surface area contributed by atoms with E-state index in [0.717, 1.165) is 11.1 Å². The van der Waals surface area contributed by atoms with Crippen LogP contribution < -0.4 is 20.1 Å². The molecular formula is C35H35FN2O6. The summed E-state index contributed by atoms with van der Waals surface area (Å²) in [6, 6.07) is 28.3. The van der Waals surface area contributed by atoms with Gasteiger partial charge in [0.2, 0.25) is 11.8 Å². The lowest BCUT2D eigenvalue weighted by molar-refractivity contribution is -0.145. The van der Waals surface area contributed by atoms with E-state index in [0.29, 0.717) is 35.8 Å². The van der Waals surface area contributed by atoms with Gasteiger partial charge in [-0.15, -0.1) is 0 Å². The van der Waals surface area contributed by atoms with E-state index >= 15 is 0 Å². The molecule has 2 atom stereocenters. The molecule has 4 aromatic rings. The number of carbonyl (C=O) groups is 3. The Bertz CT molecular complexity index is 1530. The Hall–Kier alpha value is -5.18. The van der Waals surface area contributed by atoms with Crippen LogP contribution in [-0.2, 0) is 45.2 Å². The minimum absolute atomic E-state index is 0.0857. The summed E-state index contributed by atoms with van der Waals surface area (Å²) in [5.74, 6) is -1.07. The molecule has 8 nitrogen and oxygen atoms in total. The van der Waals surface area contributed by atoms with Crippen LogP contribution in [0.15, 0.2) is 103 Å². The zero-order chi connectivity index (χ0) is 31.3. The van der Waals surface area contributed by atoms with Crippen LogP contribution in [0, 0.1) is 5.82 Å². The molecule has 0 unspecified atom stereocenters. The highest BCUT2D eigenvalue weighted by molar-refractivity contribution is 5.90. The summed E-state index contributed by atoms with van der Waals surface area (Å²) in [7, 11) is 1.24. The molecular weight excluding hydrogens is 563 g/mol. The molecule has 0 aromatic heterocycles. The standard InChI is InChI=1S/C35H35FN2O6/c1-24(39)37-30(19-25-13-16-29(36)17-14-25)34(40)38-31(35(41)42-2)20-28-15-18-32(43-22-26-9-5-3-6-10-26)33(21-28)44-23-27-11-7-4-8-12-27/h3-18,21,30-31H,19-20,22-23H2,1-2H3,(H,37,39)(H,38,40)/t30-,31+/m0/s1. The van der Waals surface area contributed by atoms with Gasteiger partial charge in [-0.05, 0) is 46.5 Å². The predicted molar refractivity (Wildman–Crippen MR) is 163 cm³/mol. The minimum Gasteiger partial charge on any atom is -0.485 e. The Labute approximate surface area is 256 Å². The van der Waals surface area contributed by atoms with E-state index in [-0.39, 0.29) is 12.8 Å². The van der Waals surface area contributed by atoms with Gasteiger partial charge in [0, 0.05) is 19.8 Å². The summed E-state index contributed by atoms with van der Waals surface area (Å²) >= 11 is 0. The highest BCUT2D eigenvalue weighted by atomic mass is 19.1. The largest absolute Gasteiger partial charge is 0.485 e. The number of hydrogen-bond acceptors (Lipinski definition) is 6. The van der Waals surface area contributed by atoms with Crippen molar-refractivity contribution >= 4 is 17.8 Å². The fourth-order valence-corrected chi connectivity index (χ4v) is 4.54. The maximum atomic E-state index is 13.4. The average Bonchev–Trinajstić information content (AvgIpc) is 3.04. The lowest BCUT2D eigenvalue weighted by Crippen LogP contribution is -2.53. The summed E-state index contributed by atoms with van der Waals surface area (Å²) < 4.78 is 30.6. The van der Waals surface area contributed by atoms with E-state index in [1.807, 2.05) is 60.7 Å². The zero-order valence-corrected chi connectivity index (χ0v) is 24.6. The molecule has 0 saturated carbocycles. The van der Waals surface area contributed by atoms with Crippen LogP contribution in [0.3, 0.4) is 0 Å². The number of nitrogens with one attached hydrogen (secondary N) is 2. The fourth-order valence-electron chi connectivity index (χ4n) is 4.54. The number of carbonyl (C=O) groups excluding carboxylic acids is 3. The van der Waals surface area contributed by atoms with Crippen molar-refractivity contribution in [1.82, 2.24) is 10.6 Å². The number of esters is 1. The summed E-state index contributed by atoms with van der Waals surface area (Å²) in [5, 5.41) is 5.33. The first kappa shape index (κ1) is 31.7. The molecule has 0 aliphatic rings. The predicted octanol–water partition coefficient (Wildman–Crippen LogP) is 4.93. The number of benzene rings is 4. The third kappa shape index (κ3) is 9.69. The second kappa shape index (κ2) is 15.9. The Morgan fingerprint density at radius 1 is 0.659 bits per heavy atom. The fraction of sp³-hybridized carbons (Fsp3) is 0.229. The van der Waals surface area contributed by atoms with Crippen molar-refractivity contribution < 1.29 is 33.0 Å². The van der Waals surface area contributed by atoms with Crippen molar-refractivity contribution in [2.24, 2.45) is 0 Å². The molecule has 2 N–H and O–H groups in total. The topological polar surface area (TPSA) is 103 Å². The zero-order valence-electron chi connectivity index (χ0n) is 24.6. The van der Waals surface area contributed by atoms with Gasteiger partial charge in [-0.2, -0.15) is 0 Å². The number of halogens is 1. The number of hydrogen-bond donors (Lipinski definition) is 2. The molecule has 0 aliphatic heterocycles. The third-order valence-corrected chi connectivity index (χ3v) is 6.77. The summed E-state index contributed by atoms with van der Waals surface area (Å²) in [4.78, 5) is 38.0. The van der Waals surface area contributed by atoms with Crippen LogP contribution in [0.1, 0.15) is 29.2 Å². The highest BCUT2D eigenvalue weighted by Crippen LogP contribution is 2.31. The van der Waals surface area contributed by atoms with E-state index < -0.39 is 35.7 Å². The maximum absolute atomic E-state index is 13.4. The molecule has 0 saturated heterocycles. The van der Waals surface area contributed by atoms with Gasteiger partial charge in [0.05, 0.1) is 7.11 Å². The van der Waals surface area contributed by atoms with E-state index in [2.05, 4.69) is 10.6 Å². The van der Waals surface area contributed by atoms with Crippen molar-refractivity contribution in [3.8, 4) is 11.5 Å². The number of methoxy groups -OCH3 is 1. The van der Waals surface area contributed by atoms with E-state index in [1.54, 1.807) is 18.2 Å². The molecule has 4 rings (SSSR count). The SMILES string of the molecule is COC(=O)[C@@H](Cc1ccc(OCc2ccccc2)c(OCc2ccccc2)c1)NC(=O)[C@H](Cc1ccc(F)cc1)NC(C)=O. The molecule has 2 amide bonds. The van der Waals surface area contributed by atoms with Gasteiger partial charge in [-0.25, -0.2) is 9.18 Å². The second-order valence-corrected chi connectivity index (χ2v) is 10.2. The second-order valence-electron chi connectivity index (χ2n) is 10.2. The smallest absolute Gasteiger partial charge is 0.328 e. The molecule has 0 fully saturated rings. The number of rotatable bonds is 14. The van der Waals surface area contributed by atoms with Gasteiger partial charge < -0.3 is 24.8 Å². The maximum Gasteiger partial charge on any atom is 0.328 e. The van der Waals surface area contributed by atoms with Crippen LogP contribution in [0.4, 0.5) is 4.39 Å². The Balaban J connectivity index is 1.53. The average molecular weight is 599 g/mol. The molecule has 228 valence electrons. The summed E-state index contributed by atoms with van der Waals surface area (Å²) in [6.45, 7) is 1.92. The third-order valence-electron chi connectivity index (χ3n) is 6.77. The van der Waals surface area contributed by atoms with Gasteiger partial charge in [0.15, 0.2) is 11.5 Å². The van der Waals surface area contributed by atoms with Gasteiger partial charge >= 0.3 is 5.97 Å². The molecule has 44 heavy (non-hydrogen) atoms. The monoisotopic (exact) mass is 598 g/mol. The number of amides is 2. The normalized spacial score (nSPS) is 12.0. The Kier molecular flexibility index (Phi) is 11.5. The molecule has 0 aliphatic carbocycles. The minimum atomic E-state index is -1.06. The molecule has 4 aromatic carbocycles. The molecule has 0 spiro atoms. The quantitative estimate of drug-likeness (QED) is 0.200. The summed E-state index contributed by atoms with van der Waals surface area (Å²) in [6.07, 6.45) is 0.187. The van der Waals surface area contributed by atoms with Crippen molar-refractivity contribution in [2.45, 2.75) is 45.1 Å². The number of ether oxygens (including phenoxy) is 3.